The molecule has 4 heavy (non-hydrogen) atoms. The van der Waals surface area contributed by atoms with E-state index in [1.807, 2.05) is 0 Å². The van der Waals surface area contributed by atoms with E-state index in [-0.39, 0.29) is 5.48 Å². The van der Waals surface area contributed by atoms with E-state index >= 15 is 0 Å². The molecule has 0 aliphatic carbocycles. The van der Waals surface area contributed by atoms with Crippen molar-refractivity contribution in [1.29, 1.82) is 0 Å². The van der Waals surface area contributed by atoms with Crippen LogP contribution in [0.4, 0.5) is 0 Å². The first-order valence-corrected chi connectivity index (χ1v) is 0.558. The first-order chi connectivity index (χ1) is 1.41. The average molecular weight is 61.0 g/mol. The Labute approximate surface area is 23.9 Å². The van der Waals surface area contributed by atoms with Gasteiger partial charge in [-0.1, -0.05) is 0 Å². The van der Waals surface area contributed by atoms with Crippen molar-refractivity contribution in [2.75, 3.05) is 0 Å². The molecule has 1 N–H and O–H groups in total. The topological polar surface area (TPSA) is 65.5 Å². The molecule has 0 saturated carbocycles. The molecule has 0 aromatic rings. The molecule has 0 amide bonds. The lowest BCUT2D eigenvalue weighted by molar-refractivity contribution is -0.361. The van der Waals surface area contributed by atoms with Crippen LogP contribution in [0.25, 0.3) is 0 Å². The van der Waals surface area contributed by atoms with Crippen molar-refractivity contribution in [2.45, 2.75) is 0 Å². The van der Waals surface area contributed by atoms with Crippen LogP contribution in [0.3, 0.4) is 0 Å². The van der Waals surface area contributed by atoms with Crippen LogP contribution in [0.5, 0.6) is 0 Å². The summed E-state index contributed by atoms with van der Waals surface area (Å²) in [6.07, 6.45) is 0. The van der Waals surface area contributed by atoms with Crippen LogP contribution in [-0.2, 0) is 5.48 Å². The molecule has 3 heteroatoms. The van der Waals surface area contributed by atoms with Gasteiger partial charge in [-0.05, 0) is 0 Å². The molecule has 0 unspecified atom stereocenters. The van der Waals surface area contributed by atoms with Crippen LogP contribution in [-0.4, -0.2) is 6.72 Å². The first-order valence-electron chi connectivity index (χ1n) is 0.558. The molecule has 3 nitrogen and oxygen atoms in total. The van der Waals surface area contributed by atoms with E-state index in [4.69, 9.17) is 5.21 Å². The van der Waals surface area contributed by atoms with Crippen molar-refractivity contribution in [3.05, 3.63) is 5.21 Å². The second kappa shape index (κ2) is 26.9. The molecular weight excluding hydrogens is 58.0 g/mol. The van der Waals surface area contributed by atoms with Crippen LogP contribution >= 0.6 is 0 Å². The fourth-order valence-corrected chi connectivity index (χ4v) is 0. The maximum absolute atomic E-state index is 8.57. The molecule has 0 aliphatic rings. The summed E-state index contributed by atoms with van der Waals surface area (Å²) in [5.41, 5.74) is 0. The highest BCUT2D eigenvalue weighted by atomic mass is 16.4. The van der Waals surface area contributed by atoms with Gasteiger partial charge in [-0.3, -0.25) is 0 Å². The maximum Gasteiger partial charge on any atom is 0.136 e. The molecule has 0 rings (SSSR count). The minimum Gasteiger partial charge on any atom is -0.626 e. The summed E-state index contributed by atoms with van der Waals surface area (Å²) in [4.78, 5) is 0. The van der Waals surface area contributed by atoms with E-state index < -0.39 is 0 Å². The fraction of sp³-hybridized carbons (Fsp3) is 0. The van der Waals surface area contributed by atoms with E-state index in [0.29, 0.717) is 0 Å². The Balaban J connectivity index is 0. The van der Waals surface area contributed by atoms with Crippen molar-refractivity contribution in [3.63, 3.8) is 0 Å². The number of rotatable bonds is 0. The molecule has 2 radical (unpaired) electrons. The van der Waals surface area contributed by atoms with Crippen LogP contribution in [0, 0.1) is 5.21 Å². The Hall–Kier alpha value is -0.570. The van der Waals surface area contributed by atoms with Crippen LogP contribution < -0.4 is 5.16 Å². The highest BCUT2D eigenvalue weighted by molar-refractivity contribution is 5.12. The zero-order valence-corrected chi connectivity index (χ0v) is 2.02. The largest absolute Gasteiger partial charge is 0.626 e. The van der Waals surface area contributed by atoms with Crippen molar-refractivity contribution in [2.24, 2.45) is 0 Å². The summed E-state index contributed by atoms with van der Waals surface area (Å²) < 4.78 is 0. The minimum atomic E-state index is 0. The standard InChI is InChI=1S/CH3NO.O/c1-2-3;/h2H,1H2;. The molecule has 0 atom stereocenters. The van der Waals surface area contributed by atoms with Crippen LogP contribution in [0.2, 0.25) is 0 Å². The summed E-state index contributed by atoms with van der Waals surface area (Å²) in [5, 5.41) is 9.82. The smallest absolute Gasteiger partial charge is 0.136 e. The monoisotopic (exact) mass is 61.0 g/mol. The van der Waals surface area contributed by atoms with E-state index in [9.17, 15) is 0 Å². The highest BCUT2D eigenvalue weighted by Gasteiger charge is 0.981. The van der Waals surface area contributed by atoms with Crippen LogP contribution in [0.15, 0.2) is 0 Å². The average Bonchev–Trinajstić information content (AvgIpc) is 0.918. The van der Waals surface area contributed by atoms with E-state index in [1.165, 1.54) is 5.16 Å². The SMILES string of the molecule is C=[NH+][O-].[O]. The van der Waals surface area contributed by atoms with Crippen molar-refractivity contribution in [1.82, 2.24) is 0 Å². The molecule has 0 saturated heterocycles. The third kappa shape index (κ3) is 0.814. The summed E-state index contributed by atoms with van der Waals surface area (Å²) in [7, 11) is 0. The van der Waals surface area contributed by atoms with E-state index in [0.717, 1.165) is 0 Å². The van der Waals surface area contributed by atoms with Crippen molar-refractivity contribution < 1.29 is 10.6 Å². The van der Waals surface area contributed by atoms with Crippen LogP contribution in [0.1, 0.15) is 0 Å². The second-order valence-electron chi connectivity index (χ2n) is 0.144. The van der Waals surface area contributed by atoms with Gasteiger partial charge in [0.15, 0.2) is 0 Å². The molecule has 0 spiro atoms. The molecule has 0 aromatic heterocycles. The third-order valence-corrected chi connectivity index (χ3v) is 0. The summed E-state index contributed by atoms with van der Waals surface area (Å²) in [6.45, 7) is 2.68. The van der Waals surface area contributed by atoms with Gasteiger partial charge in [0.05, 0.1) is 0 Å². The van der Waals surface area contributed by atoms with Crippen molar-refractivity contribution >= 4 is 6.72 Å². The lowest BCUT2D eigenvalue weighted by Gasteiger charge is -1.58. The Morgan fingerprint density at radius 3 is 1.75 bits per heavy atom. The fourth-order valence-electron chi connectivity index (χ4n) is 0. The predicted molar refractivity (Wildman–Crippen MR) is 12.1 cm³/mol. The zero-order valence-electron chi connectivity index (χ0n) is 2.02. The van der Waals surface area contributed by atoms with Gasteiger partial charge in [0.2, 0.25) is 0 Å². The molecule has 0 aliphatic heterocycles. The molecular formula is CH3NO2. The quantitative estimate of drug-likeness (QED) is 0.199. The summed E-state index contributed by atoms with van der Waals surface area (Å²) in [6, 6.07) is 0. The van der Waals surface area contributed by atoms with Crippen molar-refractivity contribution in [3.8, 4) is 0 Å². The second-order valence-corrected chi connectivity index (χ2v) is 0.144. The number of hydrogen-bond acceptors (Lipinski definition) is 1. The normalized spacial score (nSPS) is 3.00. The molecule has 0 aromatic carbocycles. The Kier molecular flexibility index (Phi) is 66.5. The molecule has 0 bridgehead atoms. The number of hydrogen-bond donors (Lipinski definition) is 1. The van der Waals surface area contributed by atoms with Gasteiger partial charge in [0.1, 0.15) is 6.72 Å². The van der Waals surface area contributed by atoms with Gasteiger partial charge < -0.3 is 5.21 Å². The summed E-state index contributed by atoms with van der Waals surface area (Å²) >= 11 is 0. The Morgan fingerprint density at radius 1 is 1.75 bits per heavy atom. The molecule has 0 fully saturated rings. The molecule has 24 valence electrons. The van der Waals surface area contributed by atoms with Gasteiger partial charge in [-0.15, -0.1) is 0 Å². The number of nitrogens with one attached hydrogen (secondary N) is 1. The molecule has 0 heterocycles. The van der Waals surface area contributed by atoms with E-state index in [1.54, 1.807) is 0 Å². The lowest BCUT2D eigenvalue weighted by Crippen LogP contribution is -2.56. The van der Waals surface area contributed by atoms with Gasteiger partial charge >= 0.3 is 0 Å². The Morgan fingerprint density at radius 2 is 1.75 bits per heavy atom. The third-order valence-electron chi connectivity index (χ3n) is 0. The minimum absolute atomic E-state index is 0. The predicted octanol–water partition coefficient (Wildman–Crippen LogP) is -1.85. The first kappa shape index (κ1) is 9.90. The maximum atomic E-state index is 8.57. The van der Waals surface area contributed by atoms with E-state index in [2.05, 4.69) is 6.72 Å². The Bertz CT molecular complexity index is 13.5. The van der Waals surface area contributed by atoms with Gasteiger partial charge in [0, 0.05) is 5.48 Å². The summed E-state index contributed by atoms with van der Waals surface area (Å²) in [5.74, 6) is 0. The van der Waals surface area contributed by atoms with Gasteiger partial charge in [-0.25, -0.2) is 5.16 Å². The highest BCUT2D eigenvalue weighted by Crippen LogP contribution is 0.558. The zero-order chi connectivity index (χ0) is 2.71. The lowest BCUT2D eigenvalue weighted by atomic mass is 11.8. The van der Waals surface area contributed by atoms with Gasteiger partial charge in [-0.2, -0.15) is 0 Å². The van der Waals surface area contributed by atoms with Gasteiger partial charge in [0.25, 0.3) is 0 Å².